The van der Waals surface area contributed by atoms with Crippen molar-refractivity contribution in [1.82, 2.24) is 0 Å². The van der Waals surface area contributed by atoms with E-state index in [1.807, 2.05) is 24.3 Å². The Morgan fingerprint density at radius 1 is 1.03 bits per heavy atom. The Morgan fingerprint density at radius 3 is 2.48 bits per heavy atom. The number of rotatable bonds is 5. The molecule has 0 fully saturated rings. The molecule has 3 aromatic carbocycles. The number of anilines is 1. The van der Waals surface area contributed by atoms with Crippen molar-refractivity contribution >= 4 is 72.4 Å². The first kappa shape index (κ1) is 22.5. The Kier molecular flexibility index (Phi) is 6.30. The van der Waals surface area contributed by atoms with E-state index in [4.69, 9.17) is 23.2 Å². The molecule has 3 aromatic rings. The van der Waals surface area contributed by atoms with E-state index in [1.54, 1.807) is 24.3 Å². The second-order valence-electron chi connectivity index (χ2n) is 7.23. The highest BCUT2D eigenvalue weighted by Crippen LogP contribution is 2.45. The van der Waals surface area contributed by atoms with Crippen LogP contribution in [0.25, 0.3) is 0 Å². The number of ketones is 1. The summed E-state index contributed by atoms with van der Waals surface area (Å²) in [7, 11) is 0. The zero-order valence-corrected chi connectivity index (χ0v) is 20.6. The fourth-order valence-corrected chi connectivity index (χ4v) is 4.98. The minimum atomic E-state index is -2.01. The molecule has 0 spiro atoms. The smallest absolute Gasteiger partial charge is 0.264 e. The van der Waals surface area contributed by atoms with Gasteiger partial charge in [0.15, 0.2) is 11.4 Å². The Morgan fingerprint density at radius 2 is 1.77 bits per heavy atom. The molecule has 0 radical (unpaired) electrons. The summed E-state index contributed by atoms with van der Waals surface area (Å²) >= 11 is 19.0. The van der Waals surface area contributed by atoms with E-state index in [9.17, 15) is 14.7 Å². The van der Waals surface area contributed by atoms with Crippen molar-refractivity contribution < 1.29 is 14.7 Å². The van der Waals surface area contributed by atoms with Gasteiger partial charge in [-0.2, -0.15) is 0 Å². The molecule has 0 saturated carbocycles. The summed E-state index contributed by atoms with van der Waals surface area (Å²) in [5, 5.41) is 12.1. The molecule has 1 aliphatic rings. The lowest BCUT2D eigenvalue weighted by Gasteiger charge is -2.23. The Bertz CT molecular complexity index is 1220. The van der Waals surface area contributed by atoms with Gasteiger partial charge in [0.1, 0.15) is 0 Å². The van der Waals surface area contributed by atoms with Crippen LogP contribution in [0, 0.1) is 0 Å². The molecule has 4 rings (SSSR count). The van der Waals surface area contributed by atoms with Gasteiger partial charge in [-0.05, 0) is 48.0 Å². The van der Waals surface area contributed by atoms with Crippen molar-refractivity contribution in [3.8, 4) is 0 Å². The SMILES string of the molecule is O=C(CC1(O)C(=O)N(Cc2ccccc2Br)c2ccc(Br)cc21)c1ccc(Cl)cc1Cl. The molecule has 1 amide bonds. The van der Waals surface area contributed by atoms with Crippen molar-refractivity contribution in [1.29, 1.82) is 0 Å². The molecule has 0 bridgehead atoms. The lowest BCUT2D eigenvalue weighted by atomic mass is 9.88. The lowest BCUT2D eigenvalue weighted by molar-refractivity contribution is -0.136. The summed E-state index contributed by atoms with van der Waals surface area (Å²) in [4.78, 5) is 28.0. The van der Waals surface area contributed by atoms with Crippen LogP contribution in [-0.4, -0.2) is 16.8 Å². The second kappa shape index (κ2) is 8.68. The molecule has 0 aliphatic carbocycles. The van der Waals surface area contributed by atoms with E-state index in [-0.39, 0.29) is 17.1 Å². The Balaban J connectivity index is 1.73. The fourth-order valence-electron chi connectivity index (χ4n) is 3.69. The zero-order valence-electron chi connectivity index (χ0n) is 15.9. The summed E-state index contributed by atoms with van der Waals surface area (Å²) in [5.74, 6) is -1.01. The van der Waals surface area contributed by atoms with Crippen LogP contribution in [0.5, 0.6) is 0 Å². The van der Waals surface area contributed by atoms with Gasteiger partial charge in [0.25, 0.3) is 5.91 Å². The van der Waals surface area contributed by atoms with E-state index in [0.717, 1.165) is 10.0 Å². The first-order valence-electron chi connectivity index (χ1n) is 9.27. The topological polar surface area (TPSA) is 57.6 Å². The predicted octanol–water partition coefficient (Wildman–Crippen LogP) is 6.53. The van der Waals surface area contributed by atoms with Gasteiger partial charge in [0, 0.05) is 25.1 Å². The number of hydrogen-bond donors (Lipinski definition) is 1. The summed E-state index contributed by atoms with van der Waals surface area (Å²) in [6.45, 7) is 0.243. The van der Waals surface area contributed by atoms with E-state index >= 15 is 0 Å². The van der Waals surface area contributed by atoms with E-state index in [1.165, 1.54) is 17.0 Å². The predicted molar refractivity (Wildman–Crippen MR) is 129 cm³/mol. The fraction of sp³-hybridized carbons (Fsp3) is 0.130. The minimum Gasteiger partial charge on any atom is -0.375 e. The molecule has 1 heterocycles. The number of amides is 1. The molecule has 31 heavy (non-hydrogen) atoms. The van der Waals surface area contributed by atoms with Gasteiger partial charge in [-0.1, -0.05) is 73.3 Å². The summed E-state index contributed by atoms with van der Waals surface area (Å²) in [6.07, 6.45) is -0.441. The average Bonchev–Trinajstić information content (AvgIpc) is 2.91. The largest absolute Gasteiger partial charge is 0.375 e. The van der Waals surface area contributed by atoms with Crippen LogP contribution in [0.15, 0.2) is 69.6 Å². The molecule has 4 nitrogen and oxygen atoms in total. The highest BCUT2D eigenvalue weighted by atomic mass is 79.9. The first-order chi connectivity index (χ1) is 14.7. The van der Waals surface area contributed by atoms with Crippen LogP contribution in [0.4, 0.5) is 5.69 Å². The van der Waals surface area contributed by atoms with Crippen LogP contribution < -0.4 is 4.90 Å². The molecule has 1 N–H and O–H groups in total. The van der Waals surface area contributed by atoms with Crippen LogP contribution in [-0.2, 0) is 16.9 Å². The van der Waals surface area contributed by atoms with Gasteiger partial charge in [-0.25, -0.2) is 0 Å². The molecule has 1 atom stereocenters. The van der Waals surface area contributed by atoms with Crippen molar-refractivity contribution in [2.24, 2.45) is 0 Å². The average molecular weight is 584 g/mol. The first-order valence-corrected chi connectivity index (χ1v) is 11.6. The lowest BCUT2D eigenvalue weighted by Crippen LogP contribution is -2.41. The van der Waals surface area contributed by atoms with Crippen molar-refractivity contribution in [2.45, 2.75) is 18.6 Å². The van der Waals surface area contributed by atoms with Crippen molar-refractivity contribution in [3.63, 3.8) is 0 Å². The molecular formula is C23H15Br2Cl2NO3. The summed E-state index contributed by atoms with van der Waals surface area (Å²) in [5.41, 5.74) is -0.00611. The van der Waals surface area contributed by atoms with Crippen LogP contribution in [0.2, 0.25) is 10.0 Å². The van der Waals surface area contributed by atoms with Crippen LogP contribution in [0.3, 0.4) is 0 Å². The van der Waals surface area contributed by atoms with Gasteiger partial charge in [0.2, 0.25) is 0 Å². The number of fused-ring (bicyclic) bond motifs is 1. The number of benzene rings is 3. The Hall–Kier alpha value is -1.70. The number of carbonyl (C=O) groups is 2. The van der Waals surface area contributed by atoms with E-state index in [2.05, 4.69) is 31.9 Å². The van der Waals surface area contributed by atoms with Gasteiger partial charge in [-0.15, -0.1) is 0 Å². The maximum absolute atomic E-state index is 13.5. The Labute approximate surface area is 206 Å². The molecule has 8 heteroatoms. The number of carbonyl (C=O) groups excluding carboxylic acids is 2. The number of aliphatic hydroxyl groups is 1. The summed E-state index contributed by atoms with van der Waals surface area (Å²) < 4.78 is 1.54. The van der Waals surface area contributed by atoms with Gasteiger partial charge in [-0.3, -0.25) is 9.59 Å². The van der Waals surface area contributed by atoms with Crippen LogP contribution in [0.1, 0.15) is 27.9 Å². The molecule has 1 aliphatic heterocycles. The van der Waals surface area contributed by atoms with E-state index < -0.39 is 23.7 Å². The number of Topliss-reactive ketones (excluding diaryl/α,β-unsaturated/α-hetero) is 1. The molecule has 0 saturated heterocycles. The number of nitrogens with zero attached hydrogens (tertiary/aromatic N) is 1. The third kappa shape index (κ3) is 4.20. The van der Waals surface area contributed by atoms with Gasteiger partial charge < -0.3 is 10.0 Å². The molecular weight excluding hydrogens is 569 g/mol. The third-order valence-electron chi connectivity index (χ3n) is 5.23. The normalized spacial score (nSPS) is 17.7. The molecule has 158 valence electrons. The van der Waals surface area contributed by atoms with Gasteiger partial charge >= 0.3 is 0 Å². The monoisotopic (exact) mass is 581 g/mol. The molecule has 0 aromatic heterocycles. The van der Waals surface area contributed by atoms with Crippen molar-refractivity contribution in [3.05, 3.63) is 96.3 Å². The maximum Gasteiger partial charge on any atom is 0.264 e. The van der Waals surface area contributed by atoms with Gasteiger partial charge in [0.05, 0.1) is 23.7 Å². The van der Waals surface area contributed by atoms with E-state index in [0.29, 0.717) is 20.7 Å². The van der Waals surface area contributed by atoms with Crippen molar-refractivity contribution in [2.75, 3.05) is 4.90 Å². The third-order valence-corrected chi connectivity index (χ3v) is 7.04. The highest BCUT2D eigenvalue weighted by Gasteiger charge is 2.51. The zero-order chi connectivity index (χ0) is 22.3. The number of hydrogen-bond acceptors (Lipinski definition) is 3. The second-order valence-corrected chi connectivity index (χ2v) is 9.84. The number of halogens is 4. The quantitative estimate of drug-likeness (QED) is 0.348. The summed E-state index contributed by atoms with van der Waals surface area (Å²) in [6, 6.07) is 17.3. The van der Waals surface area contributed by atoms with Crippen LogP contribution >= 0.6 is 55.1 Å². The standard InChI is InChI=1S/C23H15Br2Cl2NO3/c24-14-5-8-20-17(9-14)23(31,11-21(29)16-7-6-15(26)10-19(16)27)22(30)28(20)12-13-3-1-2-4-18(13)25/h1-10,31H,11-12H2. The minimum absolute atomic E-state index is 0.172. The highest BCUT2D eigenvalue weighted by molar-refractivity contribution is 9.10. The maximum atomic E-state index is 13.5. The molecule has 1 unspecified atom stereocenters.